The van der Waals surface area contributed by atoms with Crippen LogP contribution in [0.25, 0.3) is 0 Å². The van der Waals surface area contributed by atoms with Crippen LogP contribution in [0.15, 0.2) is 60.7 Å². The molecule has 1 unspecified atom stereocenters. The van der Waals surface area contributed by atoms with E-state index < -0.39 is 11.9 Å². The van der Waals surface area contributed by atoms with Gasteiger partial charge in [0, 0.05) is 17.0 Å². The average molecular weight is 402 g/mol. The average Bonchev–Trinajstić information content (AvgIpc) is 2.78. The molecule has 3 aromatic carbocycles. The molecule has 0 bridgehead atoms. The van der Waals surface area contributed by atoms with Crippen molar-refractivity contribution in [2.24, 2.45) is 0 Å². The molecule has 0 radical (unpaired) electrons. The summed E-state index contributed by atoms with van der Waals surface area (Å²) in [6.07, 6.45) is 0.0448. The van der Waals surface area contributed by atoms with Crippen molar-refractivity contribution in [1.82, 2.24) is 0 Å². The number of rotatable bonds is 3. The van der Waals surface area contributed by atoms with Crippen molar-refractivity contribution in [2.45, 2.75) is 12.3 Å². The first-order valence-electron chi connectivity index (χ1n) is 9.67. The fourth-order valence-electron chi connectivity index (χ4n) is 3.94. The molecule has 0 aliphatic carbocycles. The number of phenols is 1. The lowest BCUT2D eigenvalue weighted by atomic mass is 9.84. The van der Waals surface area contributed by atoms with Gasteiger partial charge in [0.1, 0.15) is 24.7 Å². The van der Waals surface area contributed by atoms with Crippen LogP contribution in [0.1, 0.15) is 39.4 Å². The molecule has 0 amide bonds. The number of carbonyl (C=O) groups is 2. The number of phenolic OH excluding ortho intramolecular Hbond substituents is 1. The quantitative estimate of drug-likeness (QED) is 0.407. The zero-order valence-corrected chi connectivity index (χ0v) is 16.0. The third-order valence-corrected chi connectivity index (χ3v) is 5.37. The Balaban J connectivity index is 1.61. The molecule has 2 aliphatic rings. The first kappa shape index (κ1) is 18.2. The van der Waals surface area contributed by atoms with E-state index in [1.54, 1.807) is 36.4 Å². The van der Waals surface area contributed by atoms with Crippen LogP contribution in [0.3, 0.4) is 0 Å². The molecule has 6 heteroatoms. The van der Waals surface area contributed by atoms with E-state index in [0.717, 1.165) is 5.56 Å². The maximum Gasteiger partial charge on any atom is 0.312 e. The molecule has 0 fully saturated rings. The van der Waals surface area contributed by atoms with E-state index in [-0.39, 0.29) is 29.3 Å². The Labute approximate surface area is 172 Å². The predicted molar refractivity (Wildman–Crippen MR) is 108 cm³/mol. The lowest BCUT2D eigenvalue weighted by Crippen LogP contribution is -2.22. The summed E-state index contributed by atoms with van der Waals surface area (Å²) in [6, 6.07) is 17.2. The molecule has 1 N–H and O–H groups in total. The van der Waals surface area contributed by atoms with Crippen LogP contribution < -0.4 is 14.2 Å². The van der Waals surface area contributed by atoms with Crippen LogP contribution in [0, 0.1) is 0 Å². The third-order valence-electron chi connectivity index (χ3n) is 5.37. The van der Waals surface area contributed by atoms with Crippen molar-refractivity contribution in [1.29, 1.82) is 0 Å². The van der Waals surface area contributed by atoms with E-state index >= 15 is 0 Å². The number of esters is 1. The number of ketones is 1. The van der Waals surface area contributed by atoms with Crippen molar-refractivity contribution < 1.29 is 28.9 Å². The Morgan fingerprint density at radius 1 is 0.900 bits per heavy atom. The van der Waals surface area contributed by atoms with Gasteiger partial charge in [-0.2, -0.15) is 0 Å². The maximum atomic E-state index is 12.9. The highest BCUT2D eigenvalue weighted by Crippen LogP contribution is 2.47. The Bertz CT molecular complexity index is 1150. The maximum absolute atomic E-state index is 12.9. The number of ether oxygens (including phenoxy) is 3. The van der Waals surface area contributed by atoms with Crippen molar-refractivity contribution in [3.63, 3.8) is 0 Å². The van der Waals surface area contributed by atoms with E-state index in [1.165, 1.54) is 6.07 Å². The van der Waals surface area contributed by atoms with Gasteiger partial charge in [0.05, 0.1) is 12.0 Å². The Kier molecular flexibility index (Phi) is 4.39. The topological polar surface area (TPSA) is 82.1 Å². The summed E-state index contributed by atoms with van der Waals surface area (Å²) in [7, 11) is 0. The van der Waals surface area contributed by atoms with Crippen LogP contribution in [0.4, 0.5) is 0 Å². The van der Waals surface area contributed by atoms with Gasteiger partial charge >= 0.3 is 5.97 Å². The lowest BCUT2D eigenvalue weighted by molar-refractivity contribution is -0.135. The monoisotopic (exact) mass is 402 g/mol. The van der Waals surface area contributed by atoms with Crippen LogP contribution in [-0.2, 0) is 4.79 Å². The fourth-order valence-corrected chi connectivity index (χ4v) is 3.94. The van der Waals surface area contributed by atoms with Crippen LogP contribution >= 0.6 is 0 Å². The summed E-state index contributed by atoms with van der Waals surface area (Å²) in [5.41, 5.74) is 1.83. The van der Waals surface area contributed by atoms with Gasteiger partial charge < -0.3 is 19.3 Å². The van der Waals surface area contributed by atoms with Gasteiger partial charge in [0.15, 0.2) is 17.3 Å². The van der Waals surface area contributed by atoms with E-state index in [9.17, 15) is 14.7 Å². The molecule has 2 aliphatic heterocycles. The predicted octanol–water partition coefficient (Wildman–Crippen LogP) is 3.84. The Morgan fingerprint density at radius 2 is 1.63 bits per heavy atom. The number of carbonyl (C=O) groups excluding carboxylic acids is 2. The molecule has 0 spiro atoms. The smallest absolute Gasteiger partial charge is 0.312 e. The molecule has 1 atom stereocenters. The zero-order chi connectivity index (χ0) is 20.7. The summed E-state index contributed by atoms with van der Waals surface area (Å²) in [4.78, 5) is 25.2. The first-order valence-corrected chi connectivity index (χ1v) is 9.67. The Hall–Kier alpha value is -3.80. The molecular weight excluding hydrogens is 384 g/mol. The molecule has 150 valence electrons. The summed E-state index contributed by atoms with van der Waals surface area (Å²) < 4.78 is 16.6. The van der Waals surface area contributed by atoms with Gasteiger partial charge in [0.25, 0.3) is 0 Å². The van der Waals surface area contributed by atoms with Gasteiger partial charge in [-0.15, -0.1) is 0 Å². The molecular formula is C24H18O6. The molecule has 0 saturated carbocycles. The molecule has 5 rings (SSSR count). The number of aromatic hydroxyl groups is 1. The lowest BCUT2D eigenvalue weighted by Gasteiger charge is -2.27. The highest BCUT2D eigenvalue weighted by atomic mass is 16.6. The van der Waals surface area contributed by atoms with E-state index in [1.807, 2.05) is 18.2 Å². The van der Waals surface area contributed by atoms with Crippen molar-refractivity contribution in [3.05, 3.63) is 82.9 Å². The number of benzene rings is 3. The minimum Gasteiger partial charge on any atom is -0.507 e. The Morgan fingerprint density at radius 3 is 2.43 bits per heavy atom. The summed E-state index contributed by atoms with van der Waals surface area (Å²) in [5, 5.41) is 11.1. The molecule has 30 heavy (non-hydrogen) atoms. The van der Waals surface area contributed by atoms with Crippen molar-refractivity contribution in [2.75, 3.05) is 13.2 Å². The number of hydrogen-bond acceptors (Lipinski definition) is 6. The molecule has 6 nitrogen and oxygen atoms in total. The highest BCUT2D eigenvalue weighted by Gasteiger charge is 2.34. The minimum atomic E-state index is -0.472. The summed E-state index contributed by atoms with van der Waals surface area (Å²) in [6.45, 7) is 0.928. The molecule has 2 heterocycles. The van der Waals surface area contributed by atoms with Gasteiger partial charge in [-0.25, -0.2) is 0 Å². The van der Waals surface area contributed by atoms with E-state index in [0.29, 0.717) is 35.8 Å². The van der Waals surface area contributed by atoms with E-state index in [2.05, 4.69) is 0 Å². The second kappa shape index (κ2) is 7.22. The van der Waals surface area contributed by atoms with Crippen LogP contribution in [0.5, 0.6) is 23.0 Å². The highest BCUT2D eigenvalue weighted by molar-refractivity contribution is 6.11. The first-order chi connectivity index (χ1) is 14.6. The fraction of sp³-hybridized carbons (Fsp3) is 0.167. The number of fused-ring (bicyclic) bond motifs is 2. The van der Waals surface area contributed by atoms with Gasteiger partial charge in [-0.3, -0.25) is 9.59 Å². The molecule has 0 saturated heterocycles. The van der Waals surface area contributed by atoms with E-state index in [4.69, 9.17) is 14.2 Å². The standard InChI is InChI=1S/C24H18O6/c25-21-13-17(15-6-8-18-20(12-15)29-11-10-28-18)22-19(30-21)9-7-16(24(22)27)23(26)14-4-2-1-3-5-14/h1-9,12,17,27H,10-11,13H2. The third kappa shape index (κ3) is 3.06. The van der Waals surface area contributed by atoms with Gasteiger partial charge in [-0.1, -0.05) is 36.4 Å². The largest absolute Gasteiger partial charge is 0.507 e. The van der Waals surface area contributed by atoms with Gasteiger partial charge in [0.2, 0.25) is 0 Å². The SMILES string of the molecule is O=C1CC(c2ccc3c(c2)OCCO3)c2c(ccc(C(=O)c3ccccc3)c2O)O1. The van der Waals surface area contributed by atoms with Crippen molar-refractivity contribution in [3.8, 4) is 23.0 Å². The van der Waals surface area contributed by atoms with Crippen LogP contribution in [-0.4, -0.2) is 30.1 Å². The van der Waals surface area contributed by atoms with Crippen LogP contribution in [0.2, 0.25) is 0 Å². The summed E-state index contributed by atoms with van der Waals surface area (Å²) in [5.74, 6) is 0.149. The molecule has 3 aromatic rings. The summed E-state index contributed by atoms with van der Waals surface area (Å²) >= 11 is 0. The zero-order valence-electron chi connectivity index (χ0n) is 16.0. The van der Waals surface area contributed by atoms with Crippen molar-refractivity contribution >= 4 is 11.8 Å². The minimum absolute atomic E-state index is 0.0448. The second-order valence-electron chi connectivity index (χ2n) is 7.20. The normalized spacial score (nSPS) is 17.1. The second-order valence-corrected chi connectivity index (χ2v) is 7.20. The number of hydrogen-bond donors (Lipinski definition) is 1. The van der Waals surface area contributed by atoms with Gasteiger partial charge in [-0.05, 0) is 29.8 Å². The molecule has 0 aromatic heterocycles.